The molecule has 3 rings (SSSR count). The molecular formula is C22H23N3O2. The highest BCUT2D eigenvalue weighted by molar-refractivity contribution is 5.96. The summed E-state index contributed by atoms with van der Waals surface area (Å²) in [7, 11) is 0. The van der Waals surface area contributed by atoms with Gasteiger partial charge in [-0.3, -0.25) is 9.59 Å². The molecule has 3 aromatic rings. The lowest BCUT2D eigenvalue weighted by atomic mass is 10.1. The van der Waals surface area contributed by atoms with Crippen molar-refractivity contribution in [3.05, 3.63) is 66.7 Å². The second-order valence-electron chi connectivity index (χ2n) is 6.69. The van der Waals surface area contributed by atoms with Crippen LogP contribution in [0.4, 0.5) is 17.1 Å². The quantitative estimate of drug-likeness (QED) is 0.606. The zero-order chi connectivity index (χ0) is 19.2. The number of carbonyl (C=O) groups excluding carboxylic acids is 2. The number of anilines is 3. The SMILES string of the molecule is CC(C)C(=O)Nc1cccc(NCC(=O)Nc2ccc3ccccc3c2)c1. The van der Waals surface area contributed by atoms with Gasteiger partial charge in [0, 0.05) is 23.0 Å². The average Bonchev–Trinajstić information content (AvgIpc) is 2.66. The van der Waals surface area contributed by atoms with Crippen LogP contribution in [0.3, 0.4) is 0 Å². The minimum absolute atomic E-state index is 0.0406. The molecule has 3 aromatic carbocycles. The van der Waals surface area contributed by atoms with Crippen LogP contribution < -0.4 is 16.0 Å². The Labute approximate surface area is 158 Å². The first-order chi connectivity index (χ1) is 13.0. The first-order valence-corrected chi connectivity index (χ1v) is 8.95. The summed E-state index contributed by atoms with van der Waals surface area (Å²) in [6, 6.07) is 21.2. The summed E-state index contributed by atoms with van der Waals surface area (Å²) in [6.45, 7) is 3.82. The molecule has 0 saturated heterocycles. The highest BCUT2D eigenvalue weighted by atomic mass is 16.2. The van der Waals surface area contributed by atoms with Gasteiger partial charge >= 0.3 is 0 Å². The van der Waals surface area contributed by atoms with Gasteiger partial charge in [0.2, 0.25) is 11.8 Å². The molecule has 0 atom stereocenters. The summed E-state index contributed by atoms with van der Waals surface area (Å²) in [5, 5.41) is 11.0. The third-order valence-electron chi connectivity index (χ3n) is 4.14. The van der Waals surface area contributed by atoms with Gasteiger partial charge in [-0.15, -0.1) is 0 Å². The van der Waals surface area contributed by atoms with Crippen molar-refractivity contribution in [1.82, 2.24) is 0 Å². The van der Waals surface area contributed by atoms with Gasteiger partial charge in [-0.05, 0) is 41.1 Å². The number of fused-ring (bicyclic) bond motifs is 1. The molecule has 0 aromatic heterocycles. The Morgan fingerprint density at radius 3 is 2.26 bits per heavy atom. The van der Waals surface area contributed by atoms with Crippen molar-refractivity contribution in [2.75, 3.05) is 22.5 Å². The Hall–Kier alpha value is -3.34. The van der Waals surface area contributed by atoms with Crippen molar-refractivity contribution in [1.29, 1.82) is 0 Å². The predicted molar refractivity (Wildman–Crippen MR) is 111 cm³/mol. The zero-order valence-electron chi connectivity index (χ0n) is 15.5. The number of benzene rings is 3. The van der Waals surface area contributed by atoms with Gasteiger partial charge in [0.05, 0.1) is 6.54 Å². The highest BCUT2D eigenvalue weighted by Gasteiger charge is 2.08. The molecule has 0 radical (unpaired) electrons. The third-order valence-corrected chi connectivity index (χ3v) is 4.14. The molecule has 0 unspecified atom stereocenters. The Morgan fingerprint density at radius 1 is 0.778 bits per heavy atom. The largest absolute Gasteiger partial charge is 0.376 e. The lowest BCUT2D eigenvalue weighted by Crippen LogP contribution is -2.22. The number of hydrogen-bond donors (Lipinski definition) is 3. The maximum Gasteiger partial charge on any atom is 0.243 e. The van der Waals surface area contributed by atoms with Crippen LogP contribution in [0.5, 0.6) is 0 Å². The molecule has 0 fully saturated rings. The van der Waals surface area contributed by atoms with Crippen LogP contribution in [0, 0.1) is 5.92 Å². The van der Waals surface area contributed by atoms with Gasteiger partial charge in [-0.25, -0.2) is 0 Å². The molecule has 0 heterocycles. The molecule has 138 valence electrons. The Morgan fingerprint density at radius 2 is 1.48 bits per heavy atom. The van der Waals surface area contributed by atoms with Crippen LogP contribution in [0.1, 0.15) is 13.8 Å². The van der Waals surface area contributed by atoms with Gasteiger partial charge in [-0.2, -0.15) is 0 Å². The molecule has 5 nitrogen and oxygen atoms in total. The van der Waals surface area contributed by atoms with E-state index in [1.165, 1.54) is 0 Å². The van der Waals surface area contributed by atoms with Gasteiger partial charge in [0.1, 0.15) is 0 Å². The van der Waals surface area contributed by atoms with Crippen LogP contribution in [0.15, 0.2) is 66.7 Å². The summed E-state index contributed by atoms with van der Waals surface area (Å²) in [6.07, 6.45) is 0. The summed E-state index contributed by atoms with van der Waals surface area (Å²) in [5.41, 5.74) is 2.23. The van der Waals surface area contributed by atoms with E-state index in [2.05, 4.69) is 16.0 Å². The van der Waals surface area contributed by atoms with Gasteiger partial charge < -0.3 is 16.0 Å². The molecule has 0 aliphatic heterocycles. The lowest BCUT2D eigenvalue weighted by molar-refractivity contribution is -0.119. The standard InChI is InChI=1S/C22H23N3O2/c1-15(2)22(27)25-19-9-5-8-18(13-19)23-14-21(26)24-20-11-10-16-6-3-4-7-17(16)12-20/h3-13,15,23H,14H2,1-2H3,(H,24,26)(H,25,27). The van der Waals surface area contributed by atoms with Crippen LogP contribution in [0.25, 0.3) is 10.8 Å². The van der Waals surface area contributed by atoms with Crippen LogP contribution >= 0.6 is 0 Å². The van der Waals surface area contributed by atoms with Gasteiger partial charge in [0.25, 0.3) is 0 Å². The van der Waals surface area contributed by atoms with Gasteiger partial charge in [0.15, 0.2) is 0 Å². The number of rotatable bonds is 6. The summed E-state index contributed by atoms with van der Waals surface area (Å²) in [4.78, 5) is 24.0. The Balaban J connectivity index is 1.57. The average molecular weight is 361 g/mol. The lowest BCUT2D eigenvalue weighted by Gasteiger charge is -2.11. The van der Waals surface area contributed by atoms with Crippen molar-refractivity contribution in [3.63, 3.8) is 0 Å². The van der Waals surface area contributed by atoms with Gasteiger partial charge in [-0.1, -0.05) is 50.2 Å². The second-order valence-corrected chi connectivity index (χ2v) is 6.69. The Kier molecular flexibility index (Phi) is 5.71. The van der Waals surface area contributed by atoms with E-state index in [1.54, 1.807) is 0 Å². The molecule has 0 aliphatic rings. The minimum Gasteiger partial charge on any atom is -0.376 e. The second kappa shape index (κ2) is 8.36. The summed E-state index contributed by atoms with van der Waals surface area (Å²) < 4.78 is 0. The maximum absolute atomic E-state index is 12.2. The third kappa shape index (κ3) is 5.07. The maximum atomic E-state index is 12.2. The molecular weight excluding hydrogens is 338 g/mol. The smallest absolute Gasteiger partial charge is 0.243 e. The summed E-state index contributed by atoms with van der Waals surface area (Å²) in [5.74, 6) is -0.266. The molecule has 27 heavy (non-hydrogen) atoms. The Bertz CT molecular complexity index is 966. The number of carbonyl (C=O) groups is 2. The van der Waals surface area contributed by atoms with Crippen LogP contribution in [0.2, 0.25) is 0 Å². The summed E-state index contributed by atoms with van der Waals surface area (Å²) >= 11 is 0. The highest BCUT2D eigenvalue weighted by Crippen LogP contribution is 2.19. The topological polar surface area (TPSA) is 70.2 Å². The van der Waals surface area contributed by atoms with E-state index in [-0.39, 0.29) is 24.3 Å². The van der Waals surface area contributed by atoms with E-state index in [0.717, 1.165) is 22.1 Å². The molecule has 2 amide bonds. The monoisotopic (exact) mass is 361 g/mol. The number of hydrogen-bond acceptors (Lipinski definition) is 3. The van der Waals surface area contributed by atoms with E-state index < -0.39 is 0 Å². The van der Waals surface area contributed by atoms with Crippen molar-refractivity contribution in [2.45, 2.75) is 13.8 Å². The van der Waals surface area contributed by atoms with Crippen LogP contribution in [-0.4, -0.2) is 18.4 Å². The molecule has 0 aliphatic carbocycles. The first kappa shape index (κ1) is 18.5. The van der Waals surface area contributed by atoms with E-state index in [4.69, 9.17) is 0 Å². The fraction of sp³-hybridized carbons (Fsp3) is 0.182. The first-order valence-electron chi connectivity index (χ1n) is 8.95. The number of amides is 2. The number of nitrogens with one attached hydrogen (secondary N) is 3. The fourth-order valence-electron chi connectivity index (χ4n) is 2.65. The van der Waals surface area contributed by atoms with Crippen molar-refractivity contribution >= 4 is 39.6 Å². The predicted octanol–water partition coefficient (Wildman–Crippen LogP) is 4.48. The van der Waals surface area contributed by atoms with Crippen molar-refractivity contribution in [2.24, 2.45) is 5.92 Å². The zero-order valence-corrected chi connectivity index (χ0v) is 15.5. The van der Waals surface area contributed by atoms with E-state index in [0.29, 0.717) is 5.69 Å². The van der Waals surface area contributed by atoms with E-state index >= 15 is 0 Å². The molecule has 5 heteroatoms. The van der Waals surface area contributed by atoms with E-state index in [1.807, 2.05) is 80.6 Å². The van der Waals surface area contributed by atoms with E-state index in [9.17, 15) is 9.59 Å². The molecule has 0 saturated carbocycles. The van der Waals surface area contributed by atoms with Crippen molar-refractivity contribution in [3.8, 4) is 0 Å². The van der Waals surface area contributed by atoms with Crippen molar-refractivity contribution < 1.29 is 9.59 Å². The van der Waals surface area contributed by atoms with Crippen LogP contribution in [-0.2, 0) is 9.59 Å². The molecule has 0 bridgehead atoms. The molecule has 0 spiro atoms. The molecule has 3 N–H and O–H groups in total. The minimum atomic E-state index is -0.137. The normalized spacial score (nSPS) is 10.6. The fourth-order valence-corrected chi connectivity index (χ4v) is 2.65.